The number of aromatic amines is 1. The number of hydrogen-bond acceptors (Lipinski definition) is 4. The van der Waals surface area contributed by atoms with Crippen LogP contribution in [0.4, 0.5) is 0 Å². The van der Waals surface area contributed by atoms with E-state index in [0.29, 0.717) is 12.3 Å². The van der Waals surface area contributed by atoms with E-state index in [4.69, 9.17) is 0 Å². The van der Waals surface area contributed by atoms with E-state index in [1.54, 1.807) is 19.3 Å². The van der Waals surface area contributed by atoms with Gasteiger partial charge in [-0.05, 0) is 19.9 Å². The molecule has 0 spiro atoms. The predicted molar refractivity (Wildman–Crippen MR) is 63.6 cm³/mol. The minimum Gasteiger partial charge on any atom is -0.480 e. The number of carbonyl (C=O) groups is 1. The van der Waals surface area contributed by atoms with Crippen LogP contribution in [0.2, 0.25) is 0 Å². The van der Waals surface area contributed by atoms with Gasteiger partial charge in [0, 0.05) is 18.1 Å². The highest BCUT2D eigenvalue weighted by Crippen LogP contribution is 2.19. The number of nitrogens with zero attached hydrogens (tertiary/aromatic N) is 1. The molecule has 0 bridgehead atoms. The lowest BCUT2D eigenvalue weighted by molar-refractivity contribution is -0.143. The van der Waals surface area contributed by atoms with E-state index in [-0.39, 0.29) is 0 Å². The smallest absolute Gasteiger partial charge is 0.324 e. The van der Waals surface area contributed by atoms with Crippen LogP contribution < -0.4 is 5.32 Å². The third kappa shape index (κ3) is 3.53. The summed E-state index contributed by atoms with van der Waals surface area (Å²) in [6.45, 7) is 4.40. The molecule has 0 aliphatic heterocycles. The average molecular weight is 243 g/mol. The Morgan fingerprint density at radius 3 is 3.00 bits per heavy atom. The van der Waals surface area contributed by atoms with Gasteiger partial charge in [0.1, 0.15) is 5.54 Å². The summed E-state index contributed by atoms with van der Waals surface area (Å²) in [5, 5.41) is 13.0. The highest BCUT2D eigenvalue weighted by Gasteiger charge is 2.32. The number of nitrogens with one attached hydrogen (secondary N) is 2. The number of hydrogen-bond donors (Lipinski definition) is 3. The first-order chi connectivity index (χ1) is 7.58. The van der Waals surface area contributed by atoms with Crippen molar-refractivity contribution in [1.29, 1.82) is 0 Å². The van der Waals surface area contributed by atoms with Crippen LogP contribution in [0.15, 0.2) is 17.6 Å². The Balaban J connectivity index is 2.53. The maximum absolute atomic E-state index is 11.2. The first kappa shape index (κ1) is 13.1. The van der Waals surface area contributed by atoms with Gasteiger partial charge < -0.3 is 15.4 Å². The second kappa shape index (κ2) is 5.91. The minimum atomic E-state index is -0.909. The molecule has 1 aromatic heterocycles. The topological polar surface area (TPSA) is 78.0 Å². The van der Waals surface area contributed by atoms with E-state index < -0.39 is 11.5 Å². The first-order valence-corrected chi connectivity index (χ1v) is 6.17. The number of carboxylic acids is 1. The van der Waals surface area contributed by atoms with Crippen LogP contribution in [0.1, 0.15) is 20.3 Å². The molecular weight excluding hydrogens is 226 g/mol. The normalized spacial score (nSPS) is 14.6. The fourth-order valence-corrected chi connectivity index (χ4v) is 2.07. The Morgan fingerprint density at radius 1 is 1.75 bits per heavy atom. The molecule has 0 saturated heterocycles. The summed E-state index contributed by atoms with van der Waals surface area (Å²) in [4.78, 5) is 18.2. The molecule has 0 fully saturated rings. The molecule has 6 heteroatoms. The SMILES string of the molecule is CCCNC(C)(CSc1ncc[nH]1)C(=O)O. The van der Waals surface area contributed by atoms with Crippen LogP contribution in [0, 0.1) is 0 Å². The molecule has 0 aliphatic carbocycles. The quantitative estimate of drug-likeness (QED) is 0.630. The van der Waals surface area contributed by atoms with Crippen molar-refractivity contribution in [2.75, 3.05) is 12.3 Å². The number of aliphatic carboxylic acids is 1. The van der Waals surface area contributed by atoms with Gasteiger partial charge in [-0.15, -0.1) is 0 Å². The highest BCUT2D eigenvalue weighted by molar-refractivity contribution is 7.99. The Labute approximate surface area is 99.0 Å². The molecular formula is C10H17N3O2S. The van der Waals surface area contributed by atoms with Gasteiger partial charge in [0.2, 0.25) is 0 Å². The van der Waals surface area contributed by atoms with Gasteiger partial charge >= 0.3 is 5.97 Å². The fraction of sp³-hybridized carbons (Fsp3) is 0.600. The first-order valence-electron chi connectivity index (χ1n) is 5.19. The van der Waals surface area contributed by atoms with E-state index >= 15 is 0 Å². The highest BCUT2D eigenvalue weighted by atomic mass is 32.2. The van der Waals surface area contributed by atoms with Crippen molar-refractivity contribution in [3.8, 4) is 0 Å². The summed E-state index contributed by atoms with van der Waals surface area (Å²) in [5.41, 5.74) is -0.909. The molecule has 0 aliphatic rings. The summed E-state index contributed by atoms with van der Waals surface area (Å²) >= 11 is 1.40. The third-order valence-corrected chi connectivity index (χ3v) is 3.43. The third-order valence-electron chi connectivity index (χ3n) is 2.21. The second-order valence-corrected chi connectivity index (χ2v) is 4.71. The van der Waals surface area contributed by atoms with Crippen molar-refractivity contribution in [2.45, 2.75) is 31.0 Å². The van der Waals surface area contributed by atoms with Gasteiger partial charge in [0.25, 0.3) is 0 Å². The van der Waals surface area contributed by atoms with Crippen LogP contribution in [-0.2, 0) is 4.79 Å². The number of rotatable bonds is 7. The largest absolute Gasteiger partial charge is 0.480 e. The zero-order valence-electron chi connectivity index (χ0n) is 9.49. The lowest BCUT2D eigenvalue weighted by Gasteiger charge is -2.25. The molecule has 90 valence electrons. The van der Waals surface area contributed by atoms with E-state index in [1.807, 2.05) is 6.92 Å². The van der Waals surface area contributed by atoms with Crippen molar-refractivity contribution in [3.63, 3.8) is 0 Å². The van der Waals surface area contributed by atoms with Gasteiger partial charge in [-0.1, -0.05) is 18.7 Å². The summed E-state index contributed by atoms with van der Waals surface area (Å²) in [6, 6.07) is 0. The maximum Gasteiger partial charge on any atom is 0.324 e. The molecule has 3 N–H and O–H groups in total. The van der Waals surface area contributed by atoms with Crippen LogP contribution >= 0.6 is 11.8 Å². The molecule has 1 heterocycles. The van der Waals surface area contributed by atoms with Crippen molar-refractivity contribution < 1.29 is 9.90 Å². The molecule has 1 unspecified atom stereocenters. The molecule has 1 aromatic rings. The maximum atomic E-state index is 11.2. The van der Waals surface area contributed by atoms with Crippen molar-refractivity contribution in [3.05, 3.63) is 12.4 Å². The fourth-order valence-electron chi connectivity index (χ4n) is 1.13. The Kier molecular flexibility index (Phi) is 4.82. The number of H-pyrrole nitrogens is 1. The van der Waals surface area contributed by atoms with Crippen LogP contribution in [-0.4, -0.2) is 38.9 Å². The van der Waals surface area contributed by atoms with Gasteiger partial charge in [-0.2, -0.15) is 0 Å². The van der Waals surface area contributed by atoms with E-state index in [1.165, 1.54) is 11.8 Å². The van der Waals surface area contributed by atoms with Crippen LogP contribution in [0.5, 0.6) is 0 Å². The predicted octanol–water partition coefficient (Wildman–Crippen LogP) is 1.34. The van der Waals surface area contributed by atoms with Crippen molar-refractivity contribution >= 4 is 17.7 Å². The average Bonchev–Trinajstić information content (AvgIpc) is 2.76. The number of carboxylic acid groups (broad SMARTS) is 1. The van der Waals surface area contributed by atoms with Gasteiger partial charge in [-0.25, -0.2) is 4.98 Å². The molecule has 1 rings (SSSR count). The summed E-state index contributed by atoms with van der Waals surface area (Å²) in [5.74, 6) is -0.393. The Hall–Kier alpha value is -1.01. The standard InChI is InChI=1S/C10H17N3O2S/c1-3-4-13-10(2,8(14)15)7-16-9-11-5-6-12-9/h5-6,13H,3-4,7H2,1-2H3,(H,11,12)(H,14,15). The van der Waals surface area contributed by atoms with Gasteiger partial charge in [0.05, 0.1) is 0 Å². The number of aromatic nitrogens is 2. The monoisotopic (exact) mass is 243 g/mol. The lowest BCUT2D eigenvalue weighted by atomic mass is 10.1. The summed E-state index contributed by atoms with van der Waals surface area (Å²) in [6.07, 6.45) is 4.29. The molecule has 0 aromatic carbocycles. The number of imidazole rings is 1. The van der Waals surface area contributed by atoms with Gasteiger partial charge in [-0.3, -0.25) is 4.79 Å². The zero-order chi connectivity index (χ0) is 12.0. The van der Waals surface area contributed by atoms with Crippen LogP contribution in [0.3, 0.4) is 0 Å². The lowest BCUT2D eigenvalue weighted by Crippen LogP contribution is -2.51. The van der Waals surface area contributed by atoms with E-state index in [2.05, 4.69) is 15.3 Å². The molecule has 5 nitrogen and oxygen atoms in total. The van der Waals surface area contributed by atoms with Crippen molar-refractivity contribution in [2.24, 2.45) is 0 Å². The Bertz CT molecular complexity index is 329. The molecule has 0 saturated carbocycles. The summed E-state index contributed by atoms with van der Waals surface area (Å²) in [7, 11) is 0. The molecule has 0 radical (unpaired) electrons. The van der Waals surface area contributed by atoms with Gasteiger partial charge in [0.15, 0.2) is 5.16 Å². The molecule has 1 atom stereocenters. The number of thioether (sulfide) groups is 1. The summed E-state index contributed by atoms with van der Waals surface area (Å²) < 4.78 is 0. The van der Waals surface area contributed by atoms with E-state index in [9.17, 15) is 9.90 Å². The zero-order valence-corrected chi connectivity index (χ0v) is 10.3. The van der Waals surface area contributed by atoms with E-state index in [0.717, 1.165) is 11.6 Å². The van der Waals surface area contributed by atoms with Crippen LogP contribution in [0.25, 0.3) is 0 Å². The molecule has 0 amide bonds. The second-order valence-electron chi connectivity index (χ2n) is 3.75. The molecule has 16 heavy (non-hydrogen) atoms. The van der Waals surface area contributed by atoms with Crippen molar-refractivity contribution in [1.82, 2.24) is 15.3 Å². The minimum absolute atomic E-state index is 0.440. The Morgan fingerprint density at radius 2 is 2.50 bits per heavy atom.